The molecule has 0 radical (unpaired) electrons. The Labute approximate surface area is 390 Å². The van der Waals surface area contributed by atoms with Crippen LogP contribution in [0.1, 0.15) is 73.2 Å². The number of carboxylic acids is 1. The average molecular weight is 926 g/mol. The Morgan fingerprint density at radius 1 is 0.697 bits per heavy atom. The van der Waals surface area contributed by atoms with Crippen molar-refractivity contribution in [1.29, 1.82) is 0 Å². The quantitative estimate of drug-likeness (QED) is 0.0853. The predicted molar refractivity (Wildman–Crippen MR) is 258 cm³/mol. The highest BCUT2D eigenvalue weighted by Gasteiger charge is 2.18. The number of aromatic carboxylic acids is 1. The highest BCUT2D eigenvalue weighted by molar-refractivity contribution is 6.31. The van der Waals surface area contributed by atoms with Crippen LogP contribution in [0.15, 0.2) is 85.2 Å². The van der Waals surface area contributed by atoms with E-state index in [2.05, 4.69) is 45.1 Å². The van der Waals surface area contributed by atoms with Gasteiger partial charge in [-0.05, 0) is 122 Å². The average Bonchev–Trinajstić information content (AvgIpc) is 3.87. The number of halogens is 2. The van der Waals surface area contributed by atoms with Gasteiger partial charge < -0.3 is 37.3 Å². The second kappa shape index (κ2) is 21.6. The zero-order chi connectivity index (χ0) is 46.9. The lowest BCUT2D eigenvalue weighted by atomic mass is 10.1. The number of anilines is 2. The van der Waals surface area contributed by atoms with E-state index < -0.39 is 5.97 Å². The molecule has 6 heterocycles. The van der Waals surface area contributed by atoms with Crippen molar-refractivity contribution in [1.82, 2.24) is 44.8 Å². The SMILES string of the molecule is C.Cc1cc(N)nc(C)c1CN.[C-]#[N+]c1cc(C(=O)NCc2c(C)cc(N)nc2C)nn1Cc1ccc2ncc(Cl)cc2c1.[C-]#[N+]c1cc(C(=O)O)nn1Cc1ccc2ncc(Cl)cc2c1. The van der Waals surface area contributed by atoms with Crippen LogP contribution in [0.5, 0.6) is 0 Å². The number of aryl methyl sites for hydroxylation is 4. The van der Waals surface area contributed by atoms with E-state index in [0.29, 0.717) is 47.9 Å². The number of carboxylic acid groups (broad SMARTS) is 1. The molecule has 0 spiro atoms. The Bertz CT molecular complexity index is 3140. The van der Waals surface area contributed by atoms with Gasteiger partial charge in [0.15, 0.2) is 11.4 Å². The summed E-state index contributed by atoms with van der Waals surface area (Å²) in [6, 6.07) is 21.3. The number of aromatic nitrogens is 8. The number of fused-ring (bicyclic) bond motifs is 2. The topological polar surface area (TPSA) is 240 Å². The molecule has 2 aromatic carbocycles. The van der Waals surface area contributed by atoms with Crippen LogP contribution in [0.25, 0.3) is 31.5 Å². The van der Waals surface area contributed by atoms with E-state index in [1.165, 1.54) is 21.5 Å². The van der Waals surface area contributed by atoms with Crippen LogP contribution in [-0.4, -0.2) is 56.5 Å². The van der Waals surface area contributed by atoms with Crippen molar-refractivity contribution in [3.05, 3.63) is 174 Å². The molecule has 0 aliphatic heterocycles. The molecule has 0 atom stereocenters. The minimum atomic E-state index is -1.15. The van der Waals surface area contributed by atoms with Gasteiger partial charge in [0.1, 0.15) is 24.7 Å². The summed E-state index contributed by atoms with van der Waals surface area (Å²) in [4.78, 5) is 47.3. The number of carbonyl (C=O) groups is 2. The molecule has 0 aliphatic carbocycles. The monoisotopic (exact) mass is 924 g/mol. The van der Waals surface area contributed by atoms with Crippen LogP contribution in [-0.2, 0) is 26.2 Å². The van der Waals surface area contributed by atoms with Crippen molar-refractivity contribution in [3.63, 3.8) is 0 Å². The minimum Gasteiger partial charge on any atom is -0.476 e. The highest BCUT2D eigenvalue weighted by atomic mass is 35.5. The molecule has 17 nitrogen and oxygen atoms in total. The first kappa shape index (κ1) is 49.1. The number of hydrogen-bond acceptors (Lipinski definition) is 11. The number of benzene rings is 2. The van der Waals surface area contributed by atoms with Crippen LogP contribution >= 0.6 is 23.2 Å². The van der Waals surface area contributed by atoms with Crippen molar-refractivity contribution in [2.45, 2.75) is 61.3 Å². The molecule has 8 aromatic rings. The summed E-state index contributed by atoms with van der Waals surface area (Å²) in [6.45, 7) is 23.7. The lowest BCUT2D eigenvalue weighted by Gasteiger charge is -2.10. The van der Waals surface area contributed by atoms with E-state index in [1.54, 1.807) is 24.5 Å². The van der Waals surface area contributed by atoms with E-state index in [0.717, 1.165) is 66.6 Å². The molecule has 8 N–H and O–H groups in total. The van der Waals surface area contributed by atoms with Gasteiger partial charge in [0.25, 0.3) is 17.5 Å². The van der Waals surface area contributed by atoms with Gasteiger partial charge in [0.2, 0.25) is 0 Å². The summed E-state index contributed by atoms with van der Waals surface area (Å²) >= 11 is 12.0. The van der Waals surface area contributed by atoms with Crippen molar-refractivity contribution in [3.8, 4) is 0 Å². The van der Waals surface area contributed by atoms with Crippen LogP contribution in [0.2, 0.25) is 10.0 Å². The summed E-state index contributed by atoms with van der Waals surface area (Å²) < 4.78 is 2.89. The van der Waals surface area contributed by atoms with Gasteiger partial charge in [-0.15, -0.1) is 0 Å². The number of carbonyl (C=O) groups excluding carboxylic acids is 1. The van der Waals surface area contributed by atoms with Crippen LogP contribution in [0, 0.1) is 40.8 Å². The molecule has 1 amide bonds. The maximum Gasteiger partial charge on any atom is 0.357 e. The fourth-order valence-corrected chi connectivity index (χ4v) is 7.24. The molecule has 66 heavy (non-hydrogen) atoms. The zero-order valence-corrected chi connectivity index (χ0v) is 37.1. The normalized spacial score (nSPS) is 10.4. The van der Waals surface area contributed by atoms with Crippen molar-refractivity contribution >= 4 is 80.2 Å². The summed E-state index contributed by atoms with van der Waals surface area (Å²) in [5.41, 5.74) is 26.1. The van der Waals surface area contributed by atoms with Crippen molar-refractivity contribution in [2.24, 2.45) is 5.73 Å². The first-order chi connectivity index (χ1) is 31.0. The van der Waals surface area contributed by atoms with E-state index in [1.807, 2.05) is 76.2 Å². The zero-order valence-electron chi connectivity index (χ0n) is 35.6. The molecule has 0 fully saturated rings. The third kappa shape index (κ3) is 12.0. The van der Waals surface area contributed by atoms with Crippen molar-refractivity contribution in [2.75, 3.05) is 11.5 Å². The number of amides is 1. The Morgan fingerprint density at radius 2 is 1.15 bits per heavy atom. The van der Waals surface area contributed by atoms with Crippen LogP contribution in [0.4, 0.5) is 23.3 Å². The Kier molecular flexibility index (Phi) is 16.1. The standard InChI is InChI=1S/C23H20ClN7O.C15H9ClN4O2.C8H13N3.CH4/c1-13-6-21(25)29-14(2)18(13)11-28-23(32)20-9-22(26-3)31(30-20)12-15-4-5-19-16(7-15)8-17(24)10-27-19;1-17-14-6-13(15(21)22)19-20(14)8-9-2-3-12-10(4-9)5-11(16)7-18-12;1-5-3-8(10)11-6(2)7(5)4-9;/h4-10H,11-12H2,1-2H3,(H2,25,29)(H,28,32);2-7H,8H2,(H,21,22);3H,4,9H2,1-2H3,(H2,10,11);1H4. The van der Waals surface area contributed by atoms with Gasteiger partial charge in [0, 0.05) is 47.6 Å². The van der Waals surface area contributed by atoms with Crippen LogP contribution < -0.4 is 22.5 Å². The van der Waals surface area contributed by atoms with Crippen molar-refractivity contribution < 1.29 is 14.7 Å². The number of rotatable bonds is 9. The molecule has 0 saturated heterocycles. The number of nitrogens with one attached hydrogen (secondary N) is 1. The second-order valence-electron chi connectivity index (χ2n) is 14.7. The Hall–Kier alpha value is -7.96. The number of nitrogens with two attached hydrogens (primary N) is 3. The predicted octanol–water partition coefficient (Wildman–Crippen LogP) is 8.97. The molecule has 0 saturated carbocycles. The van der Waals surface area contributed by atoms with Gasteiger partial charge >= 0.3 is 5.97 Å². The number of nitrogen functional groups attached to an aromatic ring is 2. The van der Waals surface area contributed by atoms with Crippen LogP contribution in [0.3, 0.4) is 0 Å². The fraction of sp³-hybridized carbons (Fsp3) is 0.191. The maximum absolute atomic E-state index is 12.7. The summed E-state index contributed by atoms with van der Waals surface area (Å²) in [5.74, 6) is -0.0425. The van der Waals surface area contributed by atoms with Gasteiger partial charge in [-0.25, -0.2) is 14.8 Å². The summed E-state index contributed by atoms with van der Waals surface area (Å²) in [7, 11) is 0. The largest absolute Gasteiger partial charge is 0.476 e. The van der Waals surface area contributed by atoms with Gasteiger partial charge in [0.05, 0.1) is 21.1 Å². The first-order valence-corrected chi connectivity index (χ1v) is 20.5. The molecule has 8 rings (SSSR count). The molecule has 0 unspecified atom stereocenters. The number of pyridine rings is 4. The molecule has 336 valence electrons. The third-order valence-corrected chi connectivity index (χ3v) is 10.5. The third-order valence-electron chi connectivity index (χ3n) is 10.1. The smallest absolute Gasteiger partial charge is 0.357 e. The first-order valence-electron chi connectivity index (χ1n) is 19.7. The Morgan fingerprint density at radius 3 is 1.59 bits per heavy atom. The number of hydrogen-bond donors (Lipinski definition) is 5. The lowest BCUT2D eigenvalue weighted by molar-refractivity contribution is 0.0689. The minimum absolute atomic E-state index is 0. The van der Waals surface area contributed by atoms with E-state index in [4.69, 9.17) is 58.7 Å². The molecule has 0 bridgehead atoms. The van der Waals surface area contributed by atoms with Gasteiger partial charge in [-0.2, -0.15) is 9.36 Å². The number of nitrogens with zero attached hydrogens (tertiary/aromatic N) is 10. The summed E-state index contributed by atoms with van der Waals surface area (Å²) in [6.07, 6.45) is 3.18. The second-order valence-corrected chi connectivity index (χ2v) is 15.6. The Balaban J connectivity index is 0.000000207. The van der Waals surface area contributed by atoms with Gasteiger partial charge in [-0.1, -0.05) is 66.1 Å². The molecule has 6 aromatic heterocycles. The van der Waals surface area contributed by atoms with E-state index >= 15 is 0 Å². The summed E-state index contributed by atoms with van der Waals surface area (Å²) in [5, 5.41) is 23.0. The molecule has 0 aliphatic rings. The molecular weight excluding hydrogens is 880 g/mol. The molecular formula is C47H46Cl2N14O3. The van der Waals surface area contributed by atoms with Gasteiger partial charge in [-0.3, -0.25) is 14.8 Å². The maximum atomic E-state index is 12.7. The molecule has 19 heteroatoms. The van der Waals surface area contributed by atoms with E-state index in [9.17, 15) is 9.59 Å². The highest BCUT2D eigenvalue weighted by Crippen LogP contribution is 2.24. The van der Waals surface area contributed by atoms with E-state index in [-0.39, 0.29) is 36.4 Å². The lowest BCUT2D eigenvalue weighted by Crippen LogP contribution is -2.24. The fourth-order valence-electron chi connectivity index (χ4n) is 6.90.